The summed E-state index contributed by atoms with van der Waals surface area (Å²) in [6, 6.07) is 1.43. The van der Waals surface area contributed by atoms with Crippen LogP contribution in [-0.2, 0) is 0 Å². The Balaban J connectivity index is 1.48. The summed E-state index contributed by atoms with van der Waals surface area (Å²) in [5.41, 5.74) is 4.83. The quantitative estimate of drug-likeness (QED) is 0.378. The Morgan fingerprint density at radius 3 is 2.68 bits per heavy atom. The Morgan fingerprint density at radius 1 is 1.13 bits per heavy atom. The van der Waals surface area contributed by atoms with Gasteiger partial charge in [-0.05, 0) is 72.5 Å². The van der Waals surface area contributed by atoms with E-state index in [1.807, 2.05) is 0 Å². The van der Waals surface area contributed by atoms with Crippen LogP contribution in [0.1, 0.15) is 70.4 Å². The highest BCUT2D eigenvalue weighted by atomic mass is 19.3. The minimum atomic E-state index is -2.51. The van der Waals surface area contributed by atoms with Crippen molar-refractivity contribution < 1.29 is 8.78 Å². The molecule has 0 aromatic carbocycles. The maximum atomic E-state index is 13.3. The predicted octanol–water partition coefficient (Wildman–Crippen LogP) is 7.28. The van der Waals surface area contributed by atoms with Crippen molar-refractivity contribution in [1.82, 2.24) is 4.98 Å². The van der Waals surface area contributed by atoms with Crippen molar-refractivity contribution in [2.45, 2.75) is 65.3 Å². The second kappa shape index (κ2) is 7.18. The summed E-state index contributed by atoms with van der Waals surface area (Å²) in [7, 11) is 0. The molecule has 2 fully saturated rings. The molecule has 0 spiro atoms. The average molecular weight is 425 g/mol. The Labute approximate surface area is 182 Å². The van der Waals surface area contributed by atoms with Crippen molar-refractivity contribution >= 4 is 5.57 Å². The fourth-order valence-corrected chi connectivity index (χ4v) is 7.35. The van der Waals surface area contributed by atoms with Crippen molar-refractivity contribution in [3.8, 4) is 0 Å². The number of alkyl halides is 2. The van der Waals surface area contributed by atoms with E-state index in [1.54, 1.807) is 12.3 Å². The van der Waals surface area contributed by atoms with E-state index in [-0.39, 0.29) is 22.4 Å². The third-order valence-corrected chi connectivity index (χ3v) is 8.91. The number of aromatic nitrogens is 1. The van der Waals surface area contributed by atoms with Crippen LogP contribution in [0, 0.1) is 33.5 Å². The fraction of sp³-hybridized carbons (Fsp3) is 0.577. The zero-order valence-corrected chi connectivity index (χ0v) is 18.4. The van der Waals surface area contributed by atoms with Gasteiger partial charge in [0.05, 0.1) is 0 Å². The van der Waals surface area contributed by atoms with Gasteiger partial charge in [0.15, 0.2) is 0 Å². The molecule has 31 heavy (non-hydrogen) atoms. The zero-order valence-electron chi connectivity index (χ0n) is 18.4. The minimum Gasteiger partial charge on any atom is -0.264 e. The zero-order chi connectivity index (χ0) is 22.0. The van der Waals surface area contributed by atoms with Crippen molar-refractivity contribution in [3.05, 3.63) is 63.9 Å². The molecule has 5 rings (SSSR count). The Morgan fingerprint density at radius 2 is 1.94 bits per heavy atom. The predicted molar refractivity (Wildman–Crippen MR) is 118 cm³/mol. The summed E-state index contributed by atoms with van der Waals surface area (Å²) >= 11 is 0. The molecule has 1 aromatic heterocycles. The lowest BCUT2D eigenvalue weighted by atomic mass is 9.46. The molecule has 0 bridgehead atoms. The van der Waals surface area contributed by atoms with E-state index < -0.39 is 6.43 Å². The molecule has 3 nitrogen and oxygen atoms in total. The minimum absolute atomic E-state index is 0.0155. The van der Waals surface area contributed by atoms with Gasteiger partial charge in [0.25, 0.3) is 6.43 Å². The number of rotatable bonds is 3. The molecule has 4 aliphatic rings. The molecule has 6 atom stereocenters. The molecule has 2 unspecified atom stereocenters. The van der Waals surface area contributed by atoms with E-state index in [2.05, 4.69) is 49.2 Å². The number of hydrogen-bond donors (Lipinski definition) is 0. The van der Waals surface area contributed by atoms with Gasteiger partial charge in [-0.1, -0.05) is 55.3 Å². The second-order valence-corrected chi connectivity index (χ2v) is 10.5. The van der Waals surface area contributed by atoms with Crippen molar-refractivity contribution in [2.75, 3.05) is 0 Å². The van der Waals surface area contributed by atoms with Crippen LogP contribution < -0.4 is 0 Å². The van der Waals surface area contributed by atoms with Crippen LogP contribution in [0.15, 0.2) is 53.0 Å². The Bertz CT molecular complexity index is 1010. The maximum absolute atomic E-state index is 13.3. The van der Waals surface area contributed by atoms with E-state index in [4.69, 9.17) is 0 Å². The Kier molecular flexibility index (Phi) is 4.80. The summed E-state index contributed by atoms with van der Waals surface area (Å²) in [4.78, 5) is 15.3. The summed E-state index contributed by atoms with van der Waals surface area (Å²) in [6.07, 6.45) is 12.1. The molecule has 4 aliphatic carbocycles. The van der Waals surface area contributed by atoms with E-state index in [9.17, 15) is 13.7 Å². The van der Waals surface area contributed by atoms with Gasteiger partial charge in [0, 0.05) is 23.4 Å². The smallest absolute Gasteiger partial charge is 0.264 e. The van der Waals surface area contributed by atoms with Gasteiger partial charge in [-0.2, -0.15) is 4.91 Å². The molecule has 0 radical (unpaired) electrons. The average Bonchev–Trinajstić information content (AvgIpc) is 3.11. The van der Waals surface area contributed by atoms with Crippen LogP contribution in [0.2, 0.25) is 0 Å². The van der Waals surface area contributed by atoms with E-state index in [1.165, 1.54) is 17.3 Å². The Hall–Kier alpha value is -2.17. The summed E-state index contributed by atoms with van der Waals surface area (Å²) < 4.78 is 26.6. The first-order valence-electron chi connectivity index (χ1n) is 11.5. The molecular weight excluding hydrogens is 394 g/mol. The number of allylic oxidation sites excluding steroid dienone is 5. The molecular formula is C26H30F2N2O. The number of nitroso groups, excluding NO2 is 1. The van der Waals surface area contributed by atoms with Gasteiger partial charge in [-0.25, -0.2) is 8.78 Å². The largest absolute Gasteiger partial charge is 0.265 e. The number of pyridine rings is 1. The van der Waals surface area contributed by atoms with Gasteiger partial charge in [0.2, 0.25) is 0 Å². The van der Waals surface area contributed by atoms with Crippen LogP contribution in [0.4, 0.5) is 8.78 Å². The standard InChI is InChI=1S/C26H30F2N2O/c1-15-10-19-21-5-4-20(16-11-17(24(27)28)14-29-13-16)25(21,2)9-7-22(19)26(3)8-6-18(30-31)12-23(15)26/h4-5,11-15,18-19,22,24H,6-10H2,1-3H3/t15?,18?,19-,22-,25+,26+/m0/s1. The topological polar surface area (TPSA) is 42.3 Å². The highest BCUT2D eigenvalue weighted by Crippen LogP contribution is 2.66. The lowest BCUT2D eigenvalue weighted by Crippen LogP contribution is -2.49. The van der Waals surface area contributed by atoms with Gasteiger partial charge < -0.3 is 0 Å². The highest BCUT2D eigenvalue weighted by molar-refractivity contribution is 5.78. The van der Waals surface area contributed by atoms with Crippen molar-refractivity contribution in [2.24, 2.45) is 33.8 Å². The second-order valence-electron chi connectivity index (χ2n) is 10.5. The number of fused-ring (bicyclic) bond motifs is 5. The molecule has 2 saturated carbocycles. The van der Waals surface area contributed by atoms with E-state index in [0.717, 1.165) is 43.2 Å². The molecule has 0 saturated heterocycles. The van der Waals surface area contributed by atoms with E-state index >= 15 is 0 Å². The first-order valence-corrected chi connectivity index (χ1v) is 11.5. The van der Waals surface area contributed by atoms with Crippen LogP contribution in [0.3, 0.4) is 0 Å². The molecule has 164 valence electrons. The molecule has 0 aliphatic heterocycles. The third-order valence-electron chi connectivity index (χ3n) is 8.91. The van der Waals surface area contributed by atoms with Crippen LogP contribution >= 0.6 is 0 Å². The highest BCUT2D eigenvalue weighted by Gasteiger charge is 2.56. The van der Waals surface area contributed by atoms with Gasteiger partial charge >= 0.3 is 0 Å². The summed E-state index contributed by atoms with van der Waals surface area (Å²) in [6.45, 7) is 6.98. The molecule has 0 N–H and O–H groups in total. The maximum Gasteiger partial charge on any atom is 0.265 e. The number of hydrogen-bond acceptors (Lipinski definition) is 3. The van der Waals surface area contributed by atoms with Gasteiger partial charge in [-0.15, -0.1) is 0 Å². The molecule has 5 heteroatoms. The normalized spacial score (nSPS) is 39.1. The first kappa shape index (κ1) is 20.7. The van der Waals surface area contributed by atoms with Crippen LogP contribution in [0.25, 0.3) is 5.57 Å². The fourth-order valence-electron chi connectivity index (χ4n) is 7.35. The number of nitrogens with zero attached hydrogens (tertiary/aromatic N) is 2. The monoisotopic (exact) mass is 424 g/mol. The molecule has 1 aromatic rings. The first-order chi connectivity index (χ1) is 14.8. The van der Waals surface area contributed by atoms with Gasteiger partial charge in [0.1, 0.15) is 6.04 Å². The number of halogens is 2. The van der Waals surface area contributed by atoms with Crippen LogP contribution in [-0.4, -0.2) is 11.0 Å². The molecule has 1 heterocycles. The third kappa shape index (κ3) is 2.99. The lowest BCUT2D eigenvalue weighted by Gasteiger charge is -2.58. The van der Waals surface area contributed by atoms with Crippen LogP contribution in [0.5, 0.6) is 0 Å². The van der Waals surface area contributed by atoms with Gasteiger partial charge in [-0.3, -0.25) is 4.98 Å². The summed E-state index contributed by atoms with van der Waals surface area (Å²) in [5.74, 6) is 1.46. The molecule has 0 amide bonds. The SMILES string of the molecule is CC1C[C@H]2C3=CC=C(c4cncc(C(F)F)c4)[C@@]3(C)CC[C@@H]2[C@@]2(C)CCC(N=O)C=C12. The lowest BCUT2D eigenvalue weighted by molar-refractivity contribution is 0.0460. The van der Waals surface area contributed by atoms with Crippen molar-refractivity contribution in [1.29, 1.82) is 0 Å². The van der Waals surface area contributed by atoms with E-state index in [0.29, 0.717) is 17.8 Å². The van der Waals surface area contributed by atoms with Crippen molar-refractivity contribution in [3.63, 3.8) is 0 Å². The summed E-state index contributed by atoms with van der Waals surface area (Å²) in [5, 5.41) is 3.33.